The van der Waals surface area contributed by atoms with Gasteiger partial charge in [0.15, 0.2) is 0 Å². The van der Waals surface area contributed by atoms with Gasteiger partial charge >= 0.3 is 0 Å². The first kappa shape index (κ1) is 14.8. The number of nitrogens with two attached hydrogens (primary N) is 1. The molecule has 0 spiro atoms. The molecule has 1 unspecified atom stereocenters. The van der Waals surface area contributed by atoms with Crippen LogP contribution in [0.15, 0.2) is 42.5 Å². The van der Waals surface area contributed by atoms with Gasteiger partial charge in [0.05, 0.1) is 13.2 Å². The maximum absolute atomic E-state index is 14.0. The number of hydrogen-bond donors (Lipinski definition) is 2. The molecule has 3 nitrogen and oxygen atoms in total. The molecule has 2 aromatic rings. The summed E-state index contributed by atoms with van der Waals surface area (Å²) in [6.45, 7) is 0. The predicted molar refractivity (Wildman–Crippen MR) is 78.2 cm³/mol. The van der Waals surface area contributed by atoms with Gasteiger partial charge in [0.2, 0.25) is 0 Å². The Hall–Kier alpha value is -1.62. The zero-order valence-corrected chi connectivity index (χ0v) is 11.8. The average molecular weight is 295 g/mol. The molecule has 0 radical (unpaired) electrons. The summed E-state index contributed by atoms with van der Waals surface area (Å²) >= 11 is 6.08. The van der Waals surface area contributed by atoms with Gasteiger partial charge in [0.25, 0.3) is 0 Å². The van der Waals surface area contributed by atoms with Crippen molar-refractivity contribution in [2.24, 2.45) is 5.84 Å². The van der Waals surface area contributed by atoms with Gasteiger partial charge in [0, 0.05) is 10.6 Å². The molecule has 0 saturated heterocycles. The Labute approximate surface area is 122 Å². The first-order valence-electron chi connectivity index (χ1n) is 6.19. The summed E-state index contributed by atoms with van der Waals surface area (Å²) in [5, 5.41) is 0.350. The van der Waals surface area contributed by atoms with E-state index in [2.05, 4.69) is 5.43 Å². The Morgan fingerprint density at radius 2 is 2.00 bits per heavy atom. The van der Waals surface area contributed by atoms with Crippen molar-refractivity contribution in [1.29, 1.82) is 0 Å². The highest BCUT2D eigenvalue weighted by Gasteiger charge is 2.19. The zero-order valence-electron chi connectivity index (χ0n) is 11.1. The third kappa shape index (κ3) is 3.10. The zero-order chi connectivity index (χ0) is 14.5. The minimum absolute atomic E-state index is 0.350. The van der Waals surface area contributed by atoms with Gasteiger partial charge in [-0.05, 0) is 30.2 Å². The van der Waals surface area contributed by atoms with E-state index in [4.69, 9.17) is 22.2 Å². The molecule has 0 amide bonds. The Balaban J connectivity index is 2.34. The van der Waals surface area contributed by atoms with Crippen molar-refractivity contribution in [1.82, 2.24) is 5.43 Å². The minimum Gasteiger partial charge on any atom is -0.496 e. The van der Waals surface area contributed by atoms with Crippen LogP contribution in [0.1, 0.15) is 17.2 Å². The highest BCUT2D eigenvalue weighted by atomic mass is 35.5. The van der Waals surface area contributed by atoms with E-state index in [1.165, 1.54) is 6.07 Å². The van der Waals surface area contributed by atoms with Crippen molar-refractivity contribution in [2.45, 2.75) is 12.5 Å². The summed E-state index contributed by atoms with van der Waals surface area (Å²) in [5.74, 6) is 5.92. The fraction of sp³-hybridized carbons (Fsp3) is 0.200. The van der Waals surface area contributed by atoms with Gasteiger partial charge < -0.3 is 4.74 Å². The standard InChI is InChI=1S/C15H16ClFN2O/c1-20-14-8-3-2-5-10(14)9-13(19-18)15-11(16)6-4-7-12(15)17/h2-8,13,19H,9,18H2,1H3. The Morgan fingerprint density at radius 3 is 2.65 bits per heavy atom. The number of halogens is 2. The van der Waals surface area contributed by atoms with Crippen LogP contribution in [0, 0.1) is 5.82 Å². The Morgan fingerprint density at radius 1 is 1.25 bits per heavy atom. The van der Waals surface area contributed by atoms with Crippen LogP contribution < -0.4 is 16.0 Å². The van der Waals surface area contributed by atoms with Crippen LogP contribution >= 0.6 is 11.6 Å². The third-order valence-electron chi connectivity index (χ3n) is 3.17. The molecule has 1 atom stereocenters. The largest absolute Gasteiger partial charge is 0.496 e. The van der Waals surface area contributed by atoms with Crippen LogP contribution in [-0.2, 0) is 6.42 Å². The van der Waals surface area contributed by atoms with Crippen LogP contribution in [0.5, 0.6) is 5.75 Å². The number of benzene rings is 2. The number of rotatable bonds is 5. The number of hydrazine groups is 1. The van der Waals surface area contributed by atoms with E-state index in [-0.39, 0.29) is 5.82 Å². The molecule has 0 bridgehead atoms. The minimum atomic E-state index is -0.431. The molecule has 0 aromatic heterocycles. The maximum Gasteiger partial charge on any atom is 0.129 e. The van der Waals surface area contributed by atoms with Gasteiger partial charge in [-0.3, -0.25) is 11.3 Å². The highest BCUT2D eigenvalue weighted by Crippen LogP contribution is 2.30. The molecule has 20 heavy (non-hydrogen) atoms. The van der Waals surface area contributed by atoms with Crippen molar-refractivity contribution in [2.75, 3.05) is 7.11 Å². The molecule has 0 aliphatic carbocycles. The summed E-state index contributed by atoms with van der Waals surface area (Å²) in [7, 11) is 1.60. The number of hydrogen-bond acceptors (Lipinski definition) is 3. The van der Waals surface area contributed by atoms with E-state index < -0.39 is 6.04 Å². The molecule has 2 rings (SSSR count). The van der Waals surface area contributed by atoms with Crippen LogP contribution in [0.25, 0.3) is 0 Å². The van der Waals surface area contributed by atoms with Gasteiger partial charge in [-0.25, -0.2) is 4.39 Å². The monoisotopic (exact) mass is 294 g/mol. The molecular formula is C15H16ClFN2O. The van der Waals surface area contributed by atoms with Gasteiger partial charge in [-0.2, -0.15) is 0 Å². The summed E-state index contributed by atoms with van der Waals surface area (Å²) in [5.41, 5.74) is 3.91. The van der Waals surface area contributed by atoms with Gasteiger partial charge in [-0.15, -0.1) is 0 Å². The van der Waals surface area contributed by atoms with E-state index in [1.807, 2.05) is 24.3 Å². The quantitative estimate of drug-likeness (QED) is 0.657. The first-order valence-corrected chi connectivity index (χ1v) is 6.57. The van der Waals surface area contributed by atoms with Crippen LogP contribution in [0.3, 0.4) is 0 Å². The molecule has 0 fully saturated rings. The smallest absolute Gasteiger partial charge is 0.129 e. The van der Waals surface area contributed by atoms with Crippen molar-refractivity contribution < 1.29 is 9.13 Å². The molecular weight excluding hydrogens is 279 g/mol. The van der Waals surface area contributed by atoms with E-state index in [9.17, 15) is 4.39 Å². The third-order valence-corrected chi connectivity index (χ3v) is 3.50. The van der Waals surface area contributed by atoms with E-state index in [0.717, 1.165) is 11.3 Å². The maximum atomic E-state index is 14.0. The number of ether oxygens (including phenoxy) is 1. The van der Waals surface area contributed by atoms with E-state index in [0.29, 0.717) is 17.0 Å². The Kier molecular flexibility index (Phi) is 4.95. The molecule has 0 aliphatic heterocycles. The summed E-state index contributed by atoms with van der Waals surface area (Å²) < 4.78 is 19.3. The summed E-state index contributed by atoms with van der Waals surface area (Å²) in [6, 6.07) is 11.7. The molecule has 5 heteroatoms. The lowest BCUT2D eigenvalue weighted by molar-refractivity contribution is 0.404. The normalized spacial score (nSPS) is 12.2. The number of nitrogens with one attached hydrogen (secondary N) is 1. The molecule has 0 aliphatic rings. The second-order valence-electron chi connectivity index (χ2n) is 4.37. The van der Waals surface area contributed by atoms with Crippen LogP contribution in [0.4, 0.5) is 4.39 Å². The topological polar surface area (TPSA) is 47.3 Å². The summed E-state index contributed by atoms with van der Waals surface area (Å²) in [6.07, 6.45) is 0.473. The van der Waals surface area contributed by atoms with Gasteiger partial charge in [0.1, 0.15) is 11.6 Å². The van der Waals surface area contributed by atoms with E-state index in [1.54, 1.807) is 19.2 Å². The number of methoxy groups -OCH3 is 1. The van der Waals surface area contributed by atoms with Crippen molar-refractivity contribution >= 4 is 11.6 Å². The lowest BCUT2D eigenvalue weighted by atomic mass is 9.98. The molecule has 0 heterocycles. The fourth-order valence-corrected chi connectivity index (χ4v) is 2.47. The second-order valence-corrected chi connectivity index (χ2v) is 4.78. The predicted octanol–water partition coefficient (Wildman–Crippen LogP) is 3.23. The second kappa shape index (κ2) is 6.70. The SMILES string of the molecule is COc1ccccc1CC(NN)c1c(F)cccc1Cl. The van der Waals surface area contributed by atoms with Crippen molar-refractivity contribution in [3.8, 4) is 5.75 Å². The summed E-state index contributed by atoms with van der Waals surface area (Å²) in [4.78, 5) is 0. The van der Waals surface area contributed by atoms with Crippen LogP contribution in [0.2, 0.25) is 5.02 Å². The molecule has 0 saturated carbocycles. The highest BCUT2D eigenvalue weighted by molar-refractivity contribution is 6.31. The van der Waals surface area contributed by atoms with Crippen molar-refractivity contribution in [3.63, 3.8) is 0 Å². The first-order chi connectivity index (χ1) is 9.67. The average Bonchev–Trinajstić information content (AvgIpc) is 2.46. The van der Waals surface area contributed by atoms with Gasteiger partial charge in [-0.1, -0.05) is 35.9 Å². The molecule has 3 N–H and O–H groups in total. The Bertz CT molecular complexity index is 572. The fourth-order valence-electron chi connectivity index (χ4n) is 2.18. The lowest BCUT2D eigenvalue weighted by Gasteiger charge is -2.19. The molecule has 106 valence electrons. The number of para-hydroxylation sites is 1. The van der Waals surface area contributed by atoms with Crippen LogP contribution in [-0.4, -0.2) is 7.11 Å². The van der Waals surface area contributed by atoms with E-state index >= 15 is 0 Å². The molecule has 2 aromatic carbocycles. The lowest BCUT2D eigenvalue weighted by Crippen LogP contribution is -2.30. The van der Waals surface area contributed by atoms with Crippen molar-refractivity contribution in [3.05, 3.63) is 64.4 Å².